The van der Waals surface area contributed by atoms with Crippen LogP contribution in [0.4, 0.5) is 0 Å². The van der Waals surface area contributed by atoms with E-state index in [0.29, 0.717) is 11.5 Å². The molecule has 2 aromatic rings. The lowest BCUT2D eigenvalue weighted by Crippen LogP contribution is -2.09. The molecule has 110 valence electrons. The molecule has 1 heterocycles. The minimum absolute atomic E-state index is 0.197. The molecule has 2 aromatic carbocycles. The zero-order valence-electron chi connectivity index (χ0n) is 12.1. The lowest BCUT2D eigenvalue weighted by atomic mass is 10.1. The summed E-state index contributed by atoms with van der Waals surface area (Å²) >= 11 is 0. The lowest BCUT2D eigenvalue weighted by molar-refractivity contribution is 0.108. The molecule has 1 aliphatic heterocycles. The van der Waals surface area contributed by atoms with Gasteiger partial charge < -0.3 is 19.3 Å². The topological polar surface area (TPSA) is 47.9 Å². The second-order valence-corrected chi connectivity index (χ2v) is 5.26. The molecule has 3 rings (SSSR count). The first-order valence-corrected chi connectivity index (χ1v) is 6.90. The van der Waals surface area contributed by atoms with Crippen molar-refractivity contribution in [3.05, 3.63) is 53.1 Å². The lowest BCUT2D eigenvalue weighted by Gasteiger charge is -2.14. The van der Waals surface area contributed by atoms with Crippen molar-refractivity contribution in [3.63, 3.8) is 0 Å². The summed E-state index contributed by atoms with van der Waals surface area (Å²) in [5.41, 5.74) is 3.04. The van der Waals surface area contributed by atoms with Crippen LogP contribution >= 0.6 is 0 Å². The quantitative estimate of drug-likeness (QED) is 0.938. The molecule has 0 fully saturated rings. The maximum absolute atomic E-state index is 10.2. The number of aliphatic hydroxyl groups is 1. The van der Waals surface area contributed by atoms with Crippen molar-refractivity contribution >= 4 is 0 Å². The van der Waals surface area contributed by atoms with Gasteiger partial charge in [-0.05, 0) is 54.8 Å². The molecule has 0 aromatic heterocycles. The van der Waals surface area contributed by atoms with Crippen LogP contribution in [0.2, 0.25) is 0 Å². The average molecular weight is 286 g/mol. The Hall–Kier alpha value is -2.20. The summed E-state index contributed by atoms with van der Waals surface area (Å²) in [6, 6.07) is 11.4. The van der Waals surface area contributed by atoms with E-state index in [9.17, 15) is 5.11 Å². The fourth-order valence-corrected chi connectivity index (χ4v) is 2.41. The van der Waals surface area contributed by atoms with Crippen LogP contribution in [-0.4, -0.2) is 18.5 Å². The Balaban J connectivity index is 1.67. The third kappa shape index (κ3) is 3.11. The van der Waals surface area contributed by atoms with Crippen LogP contribution in [0.3, 0.4) is 0 Å². The molecule has 21 heavy (non-hydrogen) atoms. The van der Waals surface area contributed by atoms with E-state index >= 15 is 0 Å². The number of aryl methyl sites for hydroxylation is 2. The van der Waals surface area contributed by atoms with Gasteiger partial charge in [-0.2, -0.15) is 0 Å². The van der Waals surface area contributed by atoms with Crippen LogP contribution in [0.1, 0.15) is 22.8 Å². The Morgan fingerprint density at radius 1 is 1.05 bits per heavy atom. The maximum atomic E-state index is 10.2. The number of ether oxygens (including phenoxy) is 3. The summed E-state index contributed by atoms with van der Waals surface area (Å²) in [6.45, 7) is 4.47. The molecule has 1 aliphatic rings. The molecule has 0 bridgehead atoms. The molecular weight excluding hydrogens is 268 g/mol. The average Bonchev–Trinajstić information content (AvgIpc) is 2.91. The highest BCUT2D eigenvalue weighted by atomic mass is 16.7. The van der Waals surface area contributed by atoms with E-state index in [2.05, 4.69) is 6.07 Å². The first-order chi connectivity index (χ1) is 10.1. The summed E-state index contributed by atoms with van der Waals surface area (Å²) in [5.74, 6) is 2.14. The van der Waals surface area contributed by atoms with Crippen LogP contribution in [0.15, 0.2) is 36.4 Å². The van der Waals surface area contributed by atoms with E-state index in [1.54, 1.807) is 12.1 Å². The third-order valence-electron chi connectivity index (χ3n) is 3.38. The van der Waals surface area contributed by atoms with Gasteiger partial charge in [-0.15, -0.1) is 0 Å². The van der Waals surface area contributed by atoms with Gasteiger partial charge in [0.15, 0.2) is 11.5 Å². The van der Waals surface area contributed by atoms with Crippen molar-refractivity contribution in [1.29, 1.82) is 0 Å². The van der Waals surface area contributed by atoms with Gasteiger partial charge >= 0.3 is 0 Å². The van der Waals surface area contributed by atoms with E-state index in [1.165, 1.54) is 0 Å². The fourth-order valence-electron chi connectivity index (χ4n) is 2.41. The fraction of sp³-hybridized carbons (Fsp3) is 0.294. The smallest absolute Gasteiger partial charge is 0.231 e. The Kier molecular flexibility index (Phi) is 3.71. The van der Waals surface area contributed by atoms with Crippen molar-refractivity contribution in [2.24, 2.45) is 0 Å². The van der Waals surface area contributed by atoms with Gasteiger partial charge in [0.2, 0.25) is 6.79 Å². The van der Waals surface area contributed by atoms with Crippen molar-refractivity contribution in [1.82, 2.24) is 0 Å². The summed E-state index contributed by atoms with van der Waals surface area (Å²) in [5, 5.41) is 10.2. The van der Waals surface area contributed by atoms with E-state index < -0.39 is 6.10 Å². The number of benzene rings is 2. The van der Waals surface area contributed by atoms with Crippen LogP contribution < -0.4 is 14.2 Å². The highest BCUT2D eigenvalue weighted by molar-refractivity contribution is 5.45. The van der Waals surface area contributed by atoms with E-state index in [4.69, 9.17) is 14.2 Å². The molecule has 4 heteroatoms. The highest BCUT2D eigenvalue weighted by Crippen LogP contribution is 2.34. The summed E-state index contributed by atoms with van der Waals surface area (Å²) < 4.78 is 16.2. The Labute approximate surface area is 123 Å². The van der Waals surface area contributed by atoms with Crippen LogP contribution in [0, 0.1) is 13.8 Å². The largest absolute Gasteiger partial charge is 0.491 e. The van der Waals surface area contributed by atoms with Crippen molar-refractivity contribution in [2.75, 3.05) is 13.4 Å². The van der Waals surface area contributed by atoms with Gasteiger partial charge in [0, 0.05) is 0 Å². The summed E-state index contributed by atoms with van der Waals surface area (Å²) in [6.07, 6.45) is -0.708. The van der Waals surface area contributed by atoms with Gasteiger partial charge in [-0.25, -0.2) is 0 Å². The number of hydrogen-bond acceptors (Lipinski definition) is 4. The predicted molar refractivity (Wildman–Crippen MR) is 78.9 cm³/mol. The van der Waals surface area contributed by atoms with Crippen molar-refractivity contribution < 1.29 is 19.3 Å². The normalized spacial score (nSPS) is 14.0. The van der Waals surface area contributed by atoms with Crippen LogP contribution in [0.25, 0.3) is 0 Å². The van der Waals surface area contributed by atoms with Gasteiger partial charge in [0.05, 0.1) is 0 Å². The van der Waals surface area contributed by atoms with E-state index in [1.807, 2.05) is 32.0 Å². The molecule has 0 saturated heterocycles. The zero-order valence-corrected chi connectivity index (χ0v) is 12.1. The second-order valence-electron chi connectivity index (χ2n) is 5.26. The van der Waals surface area contributed by atoms with Gasteiger partial charge in [0.1, 0.15) is 18.5 Å². The molecule has 4 nitrogen and oxygen atoms in total. The molecule has 0 amide bonds. The Morgan fingerprint density at radius 2 is 1.76 bits per heavy atom. The SMILES string of the molecule is Cc1cc(C)cc(OCC(O)c2ccc3c(c2)OCO3)c1. The van der Waals surface area contributed by atoms with Crippen LogP contribution in [0.5, 0.6) is 17.2 Å². The molecule has 0 aliphatic carbocycles. The monoisotopic (exact) mass is 286 g/mol. The Morgan fingerprint density at radius 3 is 2.52 bits per heavy atom. The molecule has 1 atom stereocenters. The van der Waals surface area contributed by atoms with Crippen molar-refractivity contribution in [2.45, 2.75) is 20.0 Å². The first-order valence-electron chi connectivity index (χ1n) is 6.90. The third-order valence-corrected chi connectivity index (χ3v) is 3.38. The van der Waals surface area contributed by atoms with E-state index in [-0.39, 0.29) is 13.4 Å². The summed E-state index contributed by atoms with van der Waals surface area (Å²) in [4.78, 5) is 0. The zero-order chi connectivity index (χ0) is 14.8. The number of hydrogen-bond donors (Lipinski definition) is 1. The van der Waals surface area contributed by atoms with E-state index in [0.717, 1.165) is 22.4 Å². The predicted octanol–water partition coefficient (Wildman–Crippen LogP) is 3.14. The minimum atomic E-state index is -0.708. The first kappa shape index (κ1) is 13.8. The summed E-state index contributed by atoms with van der Waals surface area (Å²) in [7, 11) is 0. The van der Waals surface area contributed by atoms with Gasteiger partial charge in [-0.3, -0.25) is 0 Å². The second kappa shape index (κ2) is 5.66. The van der Waals surface area contributed by atoms with Crippen molar-refractivity contribution in [3.8, 4) is 17.2 Å². The molecular formula is C17H18O4. The van der Waals surface area contributed by atoms with Gasteiger partial charge in [-0.1, -0.05) is 12.1 Å². The minimum Gasteiger partial charge on any atom is -0.491 e. The maximum Gasteiger partial charge on any atom is 0.231 e. The Bertz CT molecular complexity index is 631. The number of aliphatic hydroxyl groups excluding tert-OH is 1. The standard InChI is InChI=1S/C17H18O4/c1-11-5-12(2)7-14(6-11)19-9-15(18)13-3-4-16-17(8-13)21-10-20-16/h3-8,15,18H,9-10H2,1-2H3. The molecule has 0 radical (unpaired) electrons. The van der Waals surface area contributed by atoms with Crippen LogP contribution in [-0.2, 0) is 0 Å². The number of rotatable bonds is 4. The highest BCUT2D eigenvalue weighted by Gasteiger charge is 2.17. The molecule has 1 unspecified atom stereocenters. The molecule has 0 saturated carbocycles. The van der Waals surface area contributed by atoms with Gasteiger partial charge in [0.25, 0.3) is 0 Å². The number of fused-ring (bicyclic) bond motifs is 1. The molecule has 0 spiro atoms. The molecule has 1 N–H and O–H groups in total.